The van der Waals surface area contributed by atoms with E-state index >= 15 is 0 Å². The van der Waals surface area contributed by atoms with Crippen molar-refractivity contribution in [3.63, 3.8) is 0 Å². The highest BCUT2D eigenvalue weighted by Gasteiger charge is 2.12. The van der Waals surface area contributed by atoms with Crippen molar-refractivity contribution in [2.24, 2.45) is 5.14 Å². The predicted molar refractivity (Wildman–Crippen MR) is 84.8 cm³/mol. The Morgan fingerprint density at radius 3 is 2.17 bits per heavy atom. The third kappa shape index (κ3) is 4.76. The molecule has 0 saturated heterocycles. The molecule has 2 rings (SSSR count). The van der Waals surface area contributed by atoms with Crippen LogP contribution in [0.3, 0.4) is 0 Å². The number of anilines is 1. The Bertz CT molecular complexity index is 790. The second-order valence-electron chi connectivity index (χ2n) is 4.94. The minimum Gasteiger partial charge on any atom is -0.331 e. The SMILES string of the molecule is C[C@@H](NC(=O)Nc1ccc(F)cc1)c1ccc(S(N)(=O)=O)cc1. The molecule has 0 spiro atoms. The summed E-state index contributed by atoms with van der Waals surface area (Å²) in [5, 5.41) is 10.3. The first-order chi connectivity index (χ1) is 10.8. The molecule has 0 aliphatic heterocycles. The molecule has 8 heteroatoms. The summed E-state index contributed by atoms with van der Waals surface area (Å²) in [7, 11) is -3.74. The van der Waals surface area contributed by atoms with Crippen LogP contribution in [0.1, 0.15) is 18.5 Å². The molecule has 1 atom stereocenters. The fraction of sp³-hybridized carbons (Fsp3) is 0.133. The fourth-order valence-electron chi connectivity index (χ4n) is 1.93. The third-order valence-electron chi connectivity index (χ3n) is 3.16. The minimum absolute atomic E-state index is 0.00390. The van der Waals surface area contributed by atoms with Crippen LogP contribution in [0, 0.1) is 5.82 Å². The number of hydrogen-bond acceptors (Lipinski definition) is 3. The summed E-state index contributed by atoms with van der Waals surface area (Å²) in [5.74, 6) is -0.390. The first-order valence-electron chi connectivity index (χ1n) is 6.71. The molecule has 2 aromatic rings. The second kappa shape index (κ2) is 6.76. The number of urea groups is 1. The van der Waals surface area contributed by atoms with E-state index in [1.165, 1.54) is 36.4 Å². The van der Waals surface area contributed by atoms with E-state index in [9.17, 15) is 17.6 Å². The van der Waals surface area contributed by atoms with E-state index in [1.54, 1.807) is 19.1 Å². The van der Waals surface area contributed by atoms with Gasteiger partial charge in [0.1, 0.15) is 5.82 Å². The standard InChI is InChI=1S/C15H16FN3O3S/c1-10(11-2-8-14(9-3-11)23(17,21)22)18-15(20)19-13-6-4-12(16)5-7-13/h2-10H,1H3,(H2,17,21,22)(H2,18,19,20)/t10-/m1/s1. The minimum atomic E-state index is -3.74. The van der Waals surface area contributed by atoms with Crippen LogP contribution in [0.2, 0.25) is 0 Å². The van der Waals surface area contributed by atoms with E-state index in [2.05, 4.69) is 10.6 Å². The van der Waals surface area contributed by atoms with Crippen molar-refractivity contribution in [3.8, 4) is 0 Å². The van der Waals surface area contributed by atoms with Gasteiger partial charge in [-0.25, -0.2) is 22.7 Å². The molecule has 0 unspecified atom stereocenters. The van der Waals surface area contributed by atoms with Gasteiger partial charge in [-0.2, -0.15) is 0 Å². The first kappa shape index (κ1) is 16.9. The van der Waals surface area contributed by atoms with Crippen LogP contribution in [0.25, 0.3) is 0 Å². The van der Waals surface area contributed by atoms with Crippen LogP contribution in [-0.4, -0.2) is 14.4 Å². The number of benzene rings is 2. The summed E-state index contributed by atoms with van der Waals surface area (Å²) in [4.78, 5) is 11.9. The van der Waals surface area contributed by atoms with E-state index in [4.69, 9.17) is 5.14 Å². The lowest BCUT2D eigenvalue weighted by Gasteiger charge is -2.15. The lowest BCUT2D eigenvalue weighted by atomic mass is 10.1. The van der Waals surface area contributed by atoms with Gasteiger partial charge in [0.25, 0.3) is 0 Å². The lowest BCUT2D eigenvalue weighted by Crippen LogP contribution is -2.31. The molecule has 0 radical (unpaired) electrons. The van der Waals surface area contributed by atoms with Crippen LogP contribution in [0.5, 0.6) is 0 Å². The van der Waals surface area contributed by atoms with Gasteiger partial charge in [-0.05, 0) is 48.9 Å². The van der Waals surface area contributed by atoms with E-state index < -0.39 is 16.1 Å². The molecule has 23 heavy (non-hydrogen) atoms. The van der Waals surface area contributed by atoms with Crippen molar-refractivity contribution in [3.05, 3.63) is 59.9 Å². The van der Waals surface area contributed by atoms with Gasteiger partial charge in [-0.3, -0.25) is 0 Å². The van der Waals surface area contributed by atoms with Crippen LogP contribution >= 0.6 is 0 Å². The Hall–Kier alpha value is -2.45. The van der Waals surface area contributed by atoms with E-state index in [1.807, 2.05) is 0 Å². The highest BCUT2D eigenvalue weighted by atomic mass is 32.2. The average molecular weight is 337 g/mol. The maximum absolute atomic E-state index is 12.8. The molecular formula is C15H16FN3O3S. The lowest BCUT2D eigenvalue weighted by molar-refractivity contribution is 0.249. The Labute approximate surface area is 133 Å². The fourth-order valence-corrected chi connectivity index (χ4v) is 2.44. The smallest absolute Gasteiger partial charge is 0.319 e. The quantitative estimate of drug-likeness (QED) is 0.798. The van der Waals surface area contributed by atoms with Gasteiger partial charge in [-0.1, -0.05) is 12.1 Å². The first-order valence-corrected chi connectivity index (χ1v) is 8.26. The molecule has 6 nitrogen and oxygen atoms in total. The van der Waals surface area contributed by atoms with Crippen molar-refractivity contribution >= 4 is 21.7 Å². The predicted octanol–water partition coefficient (Wildman–Crippen LogP) is 2.36. The zero-order chi connectivity index (χ0) is 17.0. The molecular weight excluding hydrogens is 321 g/mol. The molecule has 0 heterocycles. The number of rotatable bonds is 4. The van der Waals surface area contributed by atoms with E-state index in [-0.39, 0.29) is 16.8 Å². The van der Waals surface area contributed by atoms with Gasteiger partial charge in [0.2, 0.25) is 10.0 Å². The summed E-state index contributed by atoms with van der Waals surface area (Å²) in [5.41, 5.74) is 1.17. The van der Waals surface area contributed by atoms with E-state index in [0.29, 0.717) is 11.3 Å². The Balaban J connectivity index is 1.99. The second-order valence-corrected chi connectivity index (χ2v) is 6.50. The molecule has 2 amide bonds. The maximum Gasteiger partial charge on any atom is 0.319 e. The molecule has 0 aliphatic carbocycles. The molecule has 0 fully saturated rings. The van der Waals surface area contributed by atoms with Crippen LogP contribution in [-0.2, 0) is 10.0 Å². The van der Waals surface area contributed by atoms with Gasteiger partial charge < -0.3 is 10.6 Å². The maximum atomic E-state index is 12.8. The number of carbonyl (C=O) groups is 1. The Morgan fingerprint density at radius 1 is 1.09 bits per heavy atom. The zero-order valence-corrected chi connectivity index (χ0v) is 13.1. The molecule has 2 aromatic carbocycles. The largest absolute Gasteiger partial charge is 0.331 e. The topological polar surface area (TPSA) is 101 Å². The average Bonchev–Trinajstić information content (AvgIpc) is 2.49. The molecule has 4 N–H and O–H groups in total. The number of nitrogens with one attached hydrogen (secondary N) is 2. The summed E-state index contributed by atoms with van der Waals surface area (Å²) >= 11 is 0. The highest BCUT2D eigenvalue weighted by molar-refractivity contribution is 7.89. The van der Waals surface area contributed by atoms with Crippen molar-refractivity contribution in [2.75, 3.05) is 5.32 Å². The number of amides is 2. The Morgan fingerprint density at radius 2 is 1.65 bits per heavy atom. The monoisotopic (exact) mass is 337 g/mol. The number of sulfonamides is 1. The van der Waals surface area contributed by atoms with Crippen LogP contribution in [0.15, 0.2) is 53.4 Å². The molecule has 0 aliphatic rings. The van der Waals surface area contributed by atoms with E-state index in [0.717, 1.165) is 0 Å². The molecule has 0 aromatic heterocycles. The highest BCUT2D eigenvalue weighted by Crippen LogP contribution is 2.16. The number of hydrogen-bond donors (Lipinski definition) is 3. The Kier molecular flexibility index (Phi) is 4.97. The number of halogens is 1. The summed E-state index contributed by atoms with van der Waals surface area (Å²) < 4.78 is 35.2. The van der Waals surface area contributed by atoms with Crippen molar-refractivity contribution in [1.29, 1.82) is 0 Å². The normalized spacial score (nSPS) is 12.5. The van der Waals surface area contributed by atoms with Crippen LogP contribution in [0.4, 0.5) is 14.9 Å². The van der Waals surface area contributed by atoms with Gasteiger partial charge in [0.05, 0.1) is 10.9 Å². The van der Waals surface area contributed by atoms with Crippen molar-refractivity contribution in [2.45, 2.75) is 17.9 Å². The van der Waals surface area contributed by atoms with Gasteiger partial charge in [0, 0.05) is 5.69 Å². The van der Waals surface area contributed by atoms with Gasteiger partial charge in [0.15, 0.2) is 0 Å². The number of nitrogens with two attached hydrogens (primary N) is 1. The van der Waals surface area contributed by atoms with Crippen molar-refractivity contribution < 1.29 is 17.6 Å². The summed E-state index contributed by atoms with van der Waals surface area (Å²) in [6.45, 7) is 1.75. The summed E-state index contributed by atoms with van der Waals surface area (Å²) in [6, 6.07) is 10.5. The van der Waals surface area contributed by atoms with Crippen LogP contribution < -0.4 is 15.8 Å². The number of carbonyl (C=O) groups excluding carboxylic acids is 1. The molecule has 122 valence electrons. The van der Waals surface area contributed by atoms with Gasteiger partial charge in [-0.15, -0.1) is 0 Å². The number of primary sulfonamides is 1. The molecule has 0 saturated carbocycles. The molecule has 0 bridgehead atoms. The summed E-state index contributed by atoms with van der Waals surface area (Å²) in [6.07, 6.45) is 0. The van der Waals surface area contributed by atoms with Gasteiger partial charge >= 0.3 is 6.03 Å². The van der Waals surface area contributed by atoms with Crippen molar-refractivity contribution in [1.82, 2.24) is 5.32 Å². The third-order valence-corrected chi connectivity index (χ3v) is 4.09. The zero-order valence-electron chi connectivity index (χ0n) is 12.3.